The van der Waals surface area contributed by atoms with Crippen molar-refractivity contribution in [3.8, 4) is 0 Å². The smallest absolute Gasteiger partial charge is 0.220 e. The molecular weight excluding hydrogens is 162 g/mol. The Labute approximate surface area is 80.5 Å². The molecule has 0 aromatic heterocycles. The first kappa shape index (κ1) is 11.9. The van der Waals surface area contributed by atoms with E-state index in [1.54, 1.807) is 6.08 Å². The predicted octanol–water partition coefficient (Wildman–Crippen LogP) is 2.41. The third-order valence-corrected chi connectivity index (χ3v) is 2.09. The van der Waals surface area contributed by atoms with Gasteiger partial charge in [-0.2, -0.15) is 0 Å². The summed E-state index contributed by atoms with van der Waals surface area (Å²) in [7, 11) is 0. The van der Waals surface area contributed by atoms with Crippen LogP contribution < -0.4 is 5.73 Å². The molecule has 2 heteroatoms. The topological polar surface area (TPSA) is 43.1 Å². The predicted molar refractivity (Wildman–Crippen MR) is 56.2 cm³/mol. The van der Waals surface area contributed by atoms with Crippen molar-refractivity contribution in [3.63, 3.8) is 0 Å². The van der Waals surface area contributed by atoms with Crippen LogP contribution in [0.15, 0.2) is 24.8 Å². The SMILES string of the molecule is C=CC=CCCCC(CC)C(N)=O. The second-order valence-corrected chi connectivity index (χ2v) is 3.10. The molecule has 1 unspecified atom stereocenters. The highest BCUT2D eigenvalue weighted by molar-refractivity contribution is 5.76. The Balaban J connectivity index is 3.55. The Morgan fingerprint density at radius 2 is 2.31 bits per heavy atom. The van der Waals surface area contributed by atoms with E-state index in [9.17, 15) is 4.79 Å². The van der Waals surface area contributed by atoms with Gasteiger partial charge in [0.25, 0.3) is 0 Å². The van der Waals surface area contributed by atoms with Crippen LogP contribution in [0.2, 0.25) is 0 Å². The van der Waals surface area contributed by atoms with Gasteiger partial charge in [0.05, 0.1) is 0 Å². The van der Waals surface area contributed by atoms with Crippen molar-refractivity contribution in [2.75, 3.05) is 0 Å². The summed E-state index contributed by atoms with van der Waals surface area (Å²) in [5, 5.41) is 0. The summed E-state index contributed by atoms with van der Waals surface area (Å²) in [6.07, 6.45) is 9.49. The van der Waals surface area contributed by atoms with Gasteiger partial charge in [-0.1, -0.05) is 31.7 Å². The first-order valence-corrected chi connectivity index (χ1v) is 4.79. The molecule has 0 heterocycles. The molecule has 74 valence electrons. The third-order valence-electron chi connectivity index (χ3n) is 2.09. The van der Waals surface area contributed by atoms with E-state index in [1.165, 1.54) is 0 Å². The Kier molecular flexibility index (Phi) is 6.98. The van der Waals surface area contributed by atoms with Crippen LogP contribution in [0.25, 0.3) is 0 Å². The van der Waals surface area contributed by atoms with Gasteiger partial charge in [-0.3, -0.25) is 4.79 Å². The van der Waals surface area contributed by atoms with Crippen molar-refractivity contribution in [2.45, 2.75) is 32.6 Å². The molecule has 0 aliphatic heterocycles. The van der Waals surface area contributed by atoms with Crippen LogP contribution in [0.5, 0.6) is 0 Å². The molecule has 0 fully saturated rings. The van der Waals surface area contributed by atoms with Crippen molar-refractivity contribution in [1.29, 1.82) is 0 Å². The Morgan fingerprint density at radius 1 is 1.62 bits per heavy atom. The van der Waals surface area contributed by atoms with Crippen LogP contribution in [0, 0.1) is 5.92 Å². The summed E-state index contributed by atoms with van der Waals surface area (Å²) >= 11 is 0. The number of primary amides is 1. The number of hydrogen-bond acceptors (Lipinski definition) is 1. The number of hydrogen-bond donors (Lipinski definition) is 1. The highest BCUT2D eigenvalue weighted by Crippen LogP contribution is 2.11. The molecule has 0 rings (SSSR count). The minimum Gasteiger partial charge on any atom is -0.369 e. The van der Waals surface area contributed by atoms with E-state index in [4.69, 9.17) is 5.73 Å². The summed E-state index contributed by atoms with van der Waals surface area (Å²) in [5.74, 6) is -0.118. The van der Waals surface area contributed by atoms with Crippen LogP contribution in [0.1, 0.15) is 32.6 Å². The van der Waals surface area contributed by atoms with Crippen LogP contribution in [0.3, 0.4) is 0 Å². The van der Waals surface area contributed by atoms with E-state index in [0.29, 0.717) is 0 Å². The molecule has 0 aliphatic carbocycles. The lowest BCUT2D eigenvalue weighted by molar-refractivity contribution is -0.122. The van der Waals surface area contributed by atoms with Crippen molar-refractivity contribution >= 4 is 5.91 Å². The van der Waals surface area contributed by atoms with Gasteiger partial charge < -0.3 is 5.73 Å². The largest absolute Gasteiger partial charge is 0.369 e. The lowest BCUT2D eigenvalue weighted by Crippen LogP contribution is -2.22. The van der Waals surface area contributed by atoms with Crippen LogP contribution >= 0.6 is 0 Å². The molecule has 0 saturated heterocycles. The summed E-state index contributed by atoms with van der Waals surface area (Å²) in [5.41, 5.74) is 5.21. The molecule has 1 amide bonds. The van der Waals surface area contributed by atoms with Crippen molar-refractivity contribution in [3.05, 3.63) is 24.8 Å². The molecule has 2 N–H and O–H groups in total. The zero-order valence-electron chi connectivity index (χ0n) is 8.33. The van der Waals surface area contributed by atoms with E-state index in [-0.39, 0.29) is 11.8 Å². The minimum absolute atomic E-state index is 0.0529. The Morgan fingerprint density at radius 3 is 2.77 bits per heavy atom. The van der Waals surface area contributed by atoms with Gasteiger partial charge in [0, 0.05) is 5.92 Å². The van der Waals surface area contributed by atoms with Gasteiger partial charge in [0.2, 0.25) is 5.91 Å². The normalized spacial score (nSPS) is 13.0. The molecule has 13 heavy (non-hydrogen) atoms. The fraction of sp³-hybridized carbons (Fsp3) is 0.545. The van der Waals surface area contributed by atoms with Gasteiger partial charge in [0.1, 0.15) is 0 Å². The van der Waals surface area contributed by atoms with E-state index in [0.717, 1.165) is 25.7 Å². The van der Waals surface area contributed by atoms with Crippen molar-refractivity contribution < 1.29 is 4.79 Å². The standard InChI is InChI=1S/C11H19NO/c1-3-5-6-7-8-9-10(4-2)11(12)13/h3,5-6,10H,1,4,7-9H2,2H3,(H2,12,13). The molecular formula is C11H19NO. The number of carbonyl (C=O) groups is 1. The number of carbonyl (C=O) groups excluding carboxylic acids is 1. The maximum atomic E-state index is 10.8. The van der Waals surface area contributed by atoms with E-state index >= 15 is 0 Å². The molecule has 2 nitrogen and oxygen atoms in total. The Bertz CT molecular complexity index is 185. The highest BCUT2D eigenvalue weighted by Gasteiger charge is 2.10. The molecule has 0 aromatic rings. The van der Waals surface area contributed by atoms with Crippen LogP contribution in [0.4, 0.5) is 0 Å². The highest BCUT2D eigenvalue weighted by atomic mass is 16.1. The zero-order chi connectivity index (χ0) is 10.1. The van der Waals surface area contributed by atoms with Crippen molar-refractivity contribution in [2.24, 2.45) is 11.7 Å². The lowest BCUT2D eigenvalue weighted by atomic mass is 9.99. The zero-order valence-corrected chi connectivity index (χ0v) is 8.33. The maximum Gasteiger partial charge on any atom is 0.220 e. The minimum atomic E-state index is -0.171. The number of rotatable bonds is 7. The molecule has 0 bridgehead atoms. The number of unbranched alkanes of at least 4 members (excludes halogenated alkanes) is 1. The molecule has 0 spiro atoms. The second kappa shape index (κ2) is 7.59. The van der Waals surface area contributed by atoms with E-state index in [2.05, 4.69) is 12.7 Å². The summed E-state index contributed by atoms with van der Waals surface area (Å²) in [6.45, 7) is 5.57. The van der Waals surface area contributed by atoms with E-state index in [1.807, 2.05) is 13.0 Å². The average molecular weight is 181 g/mol. The summed E-state index contributed by atoms with van der Waals surface area (Å²) in [4.78, 5) is 10.8. The van der Waals surface area contributed by atoms with Gasteiger partial charge >= 0.3 is 0 Å². The summed E-state index contributed by atoms with van der Waals surface area (Å²) in [6, 6.07) is 0. The fourth-order valence-corrected chi connectivity index (χ4v) is 1.22. The van der Waals surface area contributed by atoms with Crippen LogP contribution in [-0.2, 0) is 4.79 Å². The van der Waals surface area contributed by atoms with Gasteiger partial charge in [0.15, 0.2) is 0 Å². The fourth-order valence-electron chi connectivity index (χ4n) is 1.22. The van der Waals surface area contributed by atoms with Gasteiger partial charge in [-0.15, -0.1) is 0 Å². The maximum absolute atomic E-state index is 10.8. The monoisotopic (exact) mass is 181 g/mol. The lowest BCUT2D eigenvalue weighted by Gasteiger charge is -2.08. The molecule has 0 aliphatic rings. The number of amides is 1. The van der Waals surface area contributed by atoms with E-state index < -0.39 is 0 Å². The second-order valence-electron chi connectivity index (χ2n) is 3.10. The van der Waals surface area contributed by atoms with Crippen LogP contribution in [-0.4, -0.2) is 5.91 Å². The average Bonchev–Trinajstić information content (AvgIpc) is 2.10. The molecule has 0 radical (unpaired) electrons. The van der Waals surface area contributed by atoms with Gasteiger partial charge in [-0.25, -0.2) is 0 Å². The third kappa shape index (κ3) is 6.14. The van der Waals surface area contributed by atoms with Crippen molar-refractivity contribution in [1.82, 2.24) is 0 Å². The number of nitrogens with two attached hydrogens (primary N) is 1. The number of allylic oxidation sites excluding steroid dienone is 3. The first-order valence-electron chi connectivity index (χ1n) is 4.79. The quantitative estimate of drug-likeness (QED) is 0.475. The Hall–Kier alpha value is -1.05. The first-order chi connectivity index (χ1) is 6.22. The summed E-state index contributed by atoms with van der Waals surface area (Å²) < 4.78 is 0. The molecule has 0 aromatic carbocycles. The van der Waals surface area contributed by atoms with Gasteiger partial charge in [-0.05, 0) is 25.7 Å². The molecule has 0 saturated carbocycles. The molecule has 1 atom stereocenters.